The van der Waals surface area contributed by atoms with Gasteiger partial charge in [-0.15, -0.1) is 0 Å². The van der Waals surface area contributed by atoms with Crippen LogP contribution in [0.5, 0.6) is 0 Å². The molecule has 6 heteroatoms. The number of carbonyl (C=O) groups excluding carboxylic acids is 1. The van der Waals surface area contributed by atoms with Crippen molar-refractivity contribution in [1.82, 2.24) is 0 Å². The van der Waals surface area contributed by atoms with Crippen LogP contribution in [0.15, 0.2) is 47.4 Å². The fourth-order valence-corrected chi connectivity index (χ4v) is 5.10. The van der Waals surface area contributed by atoms with Crippen molar-refractivity contribution in [3.05, 3.63) is 53.6 Å². The number of hydrogen-bond donors (Lipinski definition) is 0. The second kappa shape index (κ2) is 6.76. The van der Waals surface area contributed by atoms with Gasteiger partial charge >= 0.3 is 0 Å². The molecule has 3 rings (SSSR count). The van der Waals surface area contributed by atoms with Crippen molar-refractivity contribution in [2.45, 2.75) is 45.1 Å². The number of nitrogens with zero attached hydrogens (tertiary/aromatic N) is 2. The minimum absolute atomic E-state index is 0.0252. The van der Waals surface area contributed by atoms with Crippen LogP contribution in [-0.4, -0.2) is 26.9 Å². The van der Waals surface area contributed by atoms with Crippen LogP contribution in [0.3, 0.4) is 0 Å². The lowest BCUT2D eigenvalue weighted by molar-refractivity contribution is -0.116. The molecule has 1 aliphatic heterocycles. The van der Waals surface area contributed by atoms with Gasteiger partial charge in [-0.2, -0.15) is 0 Å². The predicted octanol–water partition coefficient (Wildman–Crippen LogP) is 3.51. The number of sulfonamides is 1. The van der Waals surface area contributed by atoms with E-state index in [1.807, 2.05) is 45.0 Å². The van der Waals surface area contributed by atoms with Gasteiger partial charge in [0, 0.05) is 25.2 Å². The van der Waals surface area contributed by atoms with Crippen LogP contribution in [0.4, 0.5) is 11.4 Å². The van der Waals surface area contributed by atoms with Crippen LogP contribution >= 0.6 is 0 Å². The van der Waals surface area contributed by atoms with Gasteiger partial charge in [-0.25, -0.2) is 8.42 Å². The third kappa shape index (κ3) is 3.21. The first kappa shape index (κ1) is 18.5. The van der Waals surface area contributed by atoms with Crippen molar-refractivity contribution in [3.63, 3.8) is 0 Å². The van der Waals surface area contributed by atoms with Gasteiger partial charge < -0.3 is 4.90 Å². The molecular weight excluding hydrogens is 348 g/mol. The smallest absolute Gasteiger partial charge is 0.264 e. The summed E-state index contributed by atoms with van der Waals surface area (Å²) in [5, 5.41) is 0. The average molecular weight is 372 g/mol. The van der Waals surface area contributed by atoms with Crippen molar-refractivity contribution >= 4 is 27.3 Å². The van der Waals surface area contributed by atoms with E-state index in [0.717, 1.165) is 16.8 Å². The number of rotatable bonds is 4. The second-order valence-corrected chi connectivity index (χ2v) is 8.76. The van der Waals surface area contributed by atoms with Crippen molar-refractivity contribution in [1.29, 1.82) is 0 Å². The number of fused-ring (bicyclic) bond motifs is 1. The highest BCUT2D eigenvalue weighted by Gasteiger charge is 2.30. The number of amides is 1. The van der Waals surface area contributed by atoms with Gasteiger partial charge in [-0.1, -0.05) is 17.7 Å². The lowest BCUT2D eigenvalue weighted by atomic mass is 10.2. The first-order valence-corrected chi connectivity index (χ1v) is 10.2. The largest absolute Gasteiger partial charge is 0.312 e. The molecule has 2 aromatic carbocycles. The standard InChI is InChI=1S/C20H24N2O3S/c1-14(2)22(18-7-5-15(3)6-8-18)26(24,25)19-9-10-20-17(13-19)11-12-21(20)16(4)23/h5-10,13-14H,11-12H2,1-4H3. The van der Waals surface area contributed by atoms with Crippen LogP contribution in [0.25, 0.3) is 0 Å². The van der Waals surface area contributed by atoms with Gasteiger partial charge in [0.2, 0.25) is 5.91 Å². The van der Waals surface area contributed by atoms with Crippen molar-refractivity contribution in [2.75, 3.05) is 15.7 Å². The zero-order valence-corrected chi connectivity index (χ0v) is 16.4. The maximum atomic E-state index is 13.3. The van der Waals surface area contributed by atoms with E-state index in [9.17, 15) is 13.2 Å². The van der Waals surface area contributed by atoms with E-state index in [1.165, 1.54) is 11.2 Å². The fourth-order valence-electron chi connectivity index (χ4n) is 3.39. The molecule has 1 aliphatic rings. The molecule has 0 radical (unpaired) electrons. The molecule has 0 saturated carbocycles. The van der Waals surface area contributed by atoms with Crippen LogP contribution in [0, 0.1) is 6.92 Å². The second-order valence-electron chi connectivity index (χ2n) is 6.94. The lowest BCUT2D eigenvalue weighted by Gasteiger charge is -2.28. The molecule has 5 nitrogen and oxygen atoms in total. The van der Waals surface area contributed by atoms with Gasteiger partial charge in [0.1, 0.15) is 0 Å². The molecule has 0 saturated heterocycles. The molecule has 0 spiro atoms. The lowest BCUT2D eigenvalue weighted by Crippen LogP contribution is -2.37. The molecule has 0 N–H and O–H groups in total. The molecule has 0 aliphatic carbocycles. The highest BCUT2D eigenvalue weighted by atomic mass is 32.2. The predicted molar refractivity (Wildman–Crippen MR) is 104 cm³/mol. The number of anilines is 2. The van der Waals surface area contributed by atoms with Gasteiger partial charge in [0.05, 0.1) is 10.6 Å². The molecule has 1 amide bonds. The maximum absolute atomic E-state index is 13.3. The first-order valence-electron chi connectivity index (χ1n) is 8.74. The van der Waals surface area contributed by atoms with Gasteiger partial charge in [-0.3, -0.25) is 9.10 Å². The van der Waals surface area contributed by atoms with Crippen molar-refractivity contribution in [3.8, 4) is 0 Å². The Morgan fingerprint density at radius 3 is 2.35 bits per heavy atom. The number of carbonyl (C=O) groups is 1. The zero-order chi connectivity index (χ0) is 19.1. The van der Waals surface area contributed by atoms with E-state index in [1.54, 1.807) is 23.1 Å². The Morgan fingerprint density at radius 2 is 1.77 bits per heavy atom. The number of hydrogen-bond acceptors (Lipinski definition) is 3. The average Bonchev–Trinajstić information content (AvgIpc) is 2.99. The van der Waals surface area contributed by atoms with Gasteiger partial charge in [0.25, 0.3) is 10.0 Å². The van der Waals surface area contributed by atoms with Crippen molar-refractivity contribution < 1.29 is 13.2 Å². The Morgan fingerprint density at radius 1 is 1.12 bits per heavy atom. The van der Waals surface area contributed by atoms with Gasteiger partial charge in [-0.05, 0) is 63.1 Å². The highest BCUT2D eigenvalue weighted by molar-refractivity contribution is 7.92. The SMILES string of the molecule is CC(=O)N1CCc2cc(S(=O)(=O)N(c3ccc(C)cc3)C(C)C)ccc21. The Kier molecular flexibility index (Phi) is 4.80. The van der Waals surface area contributed by atoms with E-state index >= 15 is 0 Å². The fraction of sp³-hybridized carbons (Fsp3) is 0.350. The summed E-state index contributed by atoms with van der Waals surface area (Å²) >= 11 is 0. The Hall–Kier alpha value is -2.34. The summed E-state index contributed by atoms with van der Waals surface area (Å²) in [5.74, 6) is -0.0252. The highest BCUT2D eigenvalue weighted by Crippen LogP contribution is 2.33. The van der Waals surface area contributed by atoms with E-state index in [2.05, 4.69) is 0 Å². The summed E-state index contributed by atoms with van der Waals surface area (Å²) in [4.78, 5) is 13.6. The summed E-state index contributed by atoms with van der Waals surface area (Å²) in [7, 11) is -3.70. The molecule has 1 heterocycles. The topological polar surface area (TPSA) is 57.7 Å². The Bertz CT molecular complexity index is 934. The molecule has 0 fully saturated rings. The molecule has 0 unspecified atom stereocenters. The minimum Gasteiger partial charge on any atom is -0.312 e. The van der Waals surface area contributed by atoms with Crippen LogP contribution in [0.1, 0.15) is 31.9 Å². The zero-order valence-electron chi connectivity index (χ0n) is 15.6. The summed E-state index contributed by atoms with van der Waals surface area (Å²) in [6, 6.07) is 12.3. The van der Waals surface area contributed by atoms with Crippen LogP contribution in [0.2, 0.25) is 0 Å². The first-order chi connectivity index (χ1) is 12.2. The summed E-state index contributed by atoms with van der Waals surface area (Å²) in [6.07, 6.45) is 0.671. The monoisotopic (exact) mass is 372 g/mol. The summed E-state index contributed by atoms with van der Waals surface area (Å²) < 4.78 is 28.1. The van der Waals surface area contributed by atoms with E-state index in [4.69, 9.17) is 0 Å². The maximum Gasteiger partial charge on any atom is 0.264 e. The van der Waals surface area contributed by atoms with E-state index in [0.29, 0.717) is 18.7 Å². The number of benzene rings is 2. The molecule has 0 aromatic heterocycles. The quantitative estimate of drug-likeness (QED) is 0.825. The number of aryl methyl sites for hydroxylation is 1. The van der Waals surface area contributed by atoms with Crippen LogP contribution < -0.4 is 9.21 Å². The summed E-state index contributed by atoms with van der Waals surface area (Å²) in [5.41, 5.74) is 3.44. The van der Waals surface area contributed by atoms with E-state index < -0.39 is 10.0 Å². The van der Waals surface area contributed by atoms with Gasteiger partial charge in [0.15, 0.2) is 0 Å². The molecule has 0 atom stereocenters. The Balaban J connectivity index is 2.04. The summed E-state index contributed by atoms with van der Waals surface area (Å²) in [6.45, 7) is 7.82. The third-order valence-electron chi connectivity index (χ3n) is 4.64. The molecule has 26 heavy (non-hydrogen) atoms. The van der Waals surface area contributed by atoms with E-state index in [-0.39, 0.29) is 16.8 Å². The normalized spacial score (nSPS) is 13.8. The molecule has 2 aromatic rings. The molecule has 0 bridgehead atoms. The Labute approximate surface area is 155 Å². The minimum atomic E-state index is -3.70. The third-order valence-corrected chi connectivity index (χ3v) is 6.64. The molecule has 138 valence electrons. The van der Waals surface area contributed by atoms with Crippen LogP contribution in [-0.2, 0) is 21.2 Å². The molecular formula is C20H24N2O3S. The van der Waals surface area contributed by atoms with Crippen molar-refractivity contribution in [2.24, 2.45) is 0 Å².